The minimum absolute atomic E-state index is 0.187. The van der Waals surface area contributed by atoms with Gasteiger partial charge in [-0.1, -0.05) is 17.7 Å². The number of aromatic hydroxyl groups is 1. The number of hydrogen-bond acceptors (Lipinski definition) is 2. The molecule has 0 unspecified atom stereocenters. The summed E-state index contributed by atoms with van der Waals surface area (Å²) in [4.78, 5) is 0. The molecule has 0 aliphatic heterocycles. The minimum atomic E-state index is -4.06. The van der Waals surface area contributed by atoms with Gasteiger partial charge in [-0.25, -0.2) is 4.39 Å². The summed E-state index contributed by atoms with van der Waals surface area (Å²) in [5.74, 6) is -4.82. The van der Waals surface area contributed by atoms with Crippen LogP contribution in [0, 0.1) is 18.6 Å². The van der Waals surface area contributed by atoms with Crippen LogP contribution in [0.2, 0.25) is 0 Å². The van der Waals surface area contributed by atoms with Crippen molar-refractivity contribution in [3.8, 4) is 11.5 Å². The smallest absolute Gasteiger partial charge is 0.429 e. The zero-order valence-corrected chi connectivity index (χ0v) is 10.3. The van der Waals surface area contributed by atoms with E-state index in [1.807, 2.05) is 0 Å². The topological polar surface area (TPSA) is 29.5 Å². The first-order valence-corrected chi connectivity index (χ1v) is 5.62. The largest absolute Gasteiger partial charge is 0.505 e. The lowest BCUT2D eigenvalue weighted by Gasteiger charge is -2.19. The molecule has 2 rings (SSSR count). The first kappa shape index (κ1) is 14.2. The lowest BCUT2D eigenvalue weighted by molar-refractivity contribution is -0.187. The third kappa shape index (κ3) is 2.68. The molecule has 0 bridgehead atoms. The van der Waals surface area contributed by atoms with Gasteiger partial charge >= 0.3 is 6.11 Å². The molecule has 0 atom stereocenters. The van der Waals surface area contributed by atoms with Crippen molar-refractivity contribution in [3.05, 3.63) is 59.2 Å². The van der Waals surface area contributed by atoms with Gasteiger partial charge in [-0.2, -0.15) is 13.2 Å². The van der Waals surface area contributed by atoms with Crippen LogP contribution in [-0.2, 0) is 6.11 Å². The number of halogens is 4. The van der Waals surface area contributed by atoms with E-state index in [-0.39, 0.29) is 5.75 Å². The average molecular weight is 286 g/mol. The second kappa shape index (κ2) is 5.03. The third-order valence-electron chi connectivity index (χ3n) is 2.64. The predicted octanol–water partition coefficient (Wildman–Crippen LogP) is 4.11. The number of rotatable bonds is 3. The lowest BCUT2D eigenvalue weighted by atomic mass is 10.1. The second-order valence-corrected chi connectivity index (χ2v) is 4.19. The van der Waals surface area contributed by atoms with Gasteiger partial charge in [0.05, 0.1) is 0 Å². The summed E-state index contributed by atoms with van der Waals surface area (Å²) in [5.41, 5.74) is -0.448. The van der Waals surface area contributed by atoms with Gasteiger partial charge in [0, 0.05) is 0 Å². The first-order chi connectivity index (χ1) is 9.31. The van der Waals surface area contributed by atoms with Crippen LogP contribution in [0.5, 0.6) is 11.5 Å². The Labute approximate surface area is 112 Å². The second-order valence-electron chi connectivity index (χ2n) is 4.19. The molecule has 0 radical (unpaired) electrons. The van der Waals surface area contributed by atoms with Crippen LogP contribution >= 0.6 is 0 Å². The lowest BCUT2D eigenvalue weighted by Crippen LogP contribution is -2.24. The van der Waals surface area contributed by atoms with E-state index in [4.69, 9.17) is 5.11 Å². The molecule has 2 aromatic rings. The Hall–Kier alpha value is -2.24. The Morgan fingerprint density at radius 2 is 1.55 bits per heavy atom. The summed E-state index contributed by atoms with van der Waals surface area (Å²) in [6.45, 7) is 1.76. The molecule has 0 aromatic heterocycles. The van der Waals surface area contributed by atoms with Crippen LogP contribution in [0.1, 0.15) is 11.1 Å². The quantitative estimate of drug-likeness (QED) is 0.860. The summed E-state index contributed by atoms with van der Waals surface area (Å²) in [7, 11) is 0. The highest BCUT2D eigenvalue weighted by atomic mass is 19.3. The van der Waals surface area contributed by atoms with Crippen molar-refractivity contribution in [2.24, 2.45) is 0 Å². The molecule has 0 saturated heterocycles. The van der Waals surface area contributed by atoms with Crippen molar-refractivity contribution in [1.82, 2.24) is 0 Å². The van der Waals surface area contributed by atoms with Gasteiger partial charge < -0.3 is 9.84 Å². The van der Waals surface area contributed by atoms with E-state index in [2.05, 4.69) is 4.74 Å². The molecule has 6 heteroatoms. The summed E-state index contributed by atoms with van der Waals surface area (Å²) in [5, 5.41) is 8.91. The highest BCUT2D eigenvalue weighted by molar-refractivity contribution is 5.33. The maximum atomic E-state index is 13.8. The van der Waals surface area contributed by atoms with E-state index < -0.39 is 29.1 Å². The van der Waals surface area contributed by atoms with Crippen LogP contribution in [0.15, 0.2) is 36.4 Å². The van der Waals surface area contributed by atoms with Crippen molar-refractivity contribution >= 4 is 0 Å². The van der Waals surface area contributed by atoms with E-state index in [0.29, 0.717) is 12.1 Å². The van der Waals surface area contributed by atoms with Crippen molar-refractivity contribution in [3.63, 3.8) is 0 Å². The summed E-state index contributed by atoms with van der Waals surface area (Å²) < 4.78 is 58.5. The number of phenols is 1. The van der Waals surface area contributed by atoms with Crippen molar-refractivity contribution in [2.75, 3.05) is 0 Å². The molecule has 0 aliphatic carbocycles. The van der Waals surface area contributed by atoms with Crippen LogP contribution in [0.3, 0.4) is 0 Å². The molecule has 106 valence electrons. The Morgan fingerprint density at radius 3 is 2.15 bits per heavy atom. The van der Waals surface area contributed by atoms with Gasteiger partial charge in [0.2, 0.25) is 5.82 Å². The summed E-state index contributed by atoms with van der Waals surface area (Å²) in [6.07, 6.45) is -4.06. The predicted molar refractivity (Wildman–Crippen MR) is 63.7 cm³/mol. The number of ether oxygens (including phenoxy) is 1. The van der Waals surface area contributed by atoms with Gasteiger partial charge in [-0.15, -0.1) is 0 Å². The Bertz CT molecular complexity index is 624. The standard InChI is InChI=1S/C14H10F4O2/c1-8-2-4-9(5-3-8)20-14(17,18)10-6-7-11(19)13(16)12(10)15/h2-7,19H,1H3. The zero-order chi connectivity index (χ0) is 14.9. The van der Waals surface area contributed by atoms with Crippen molar-refractivity contribution < 1.29 is 27.4 Å². The monoisotopic (exact) mass is 286 g/mol. The van der Waals surface area contributed by atoms with Crippen LogP contribution in [0.25, 0.3) is 0 Å². The SMILES string of the molecule is Cc1ccc(OC(F)(F)c2ccc(O)c(F)c2F)cc1. The fraction of sp³-hybridized carbons (Fsp3) is 0.143. The molecule has 0 amide bonds. The highest BCUT2D eigenvalue weighted by Crippen LogP contribution is 2.35. The number of alkyl halides is 2. The average Bonchev–Trinajstić information content (AvgIpc) is 2.38. The summed E-state index contributed by atoms with van der Waals surface area (Å²) >= 11 is 0. The minimum Gasteiger partial charge on any atom is -0.505 e. The number of hydrogen-bond donors (Lipinski definition) is 1. The first-order valence-electron chi connectivity index (χ1n) is 5.62. The zero-order valence-electron chi connectivity index (χ0n) is 10.3. The molecule has 20 heavy (non-hydrogen) atoms. The van der Waals surface area contributed by atoms with Gasteiger partial charge in [0.15, 0.2) is 11.6 Å². The molecule has 0 aliphatic rings. The van der Waals surface area contributed by atoms with Crippen molar-refractivity contribution in [2.45, 2.75) is 13.0 Å². The number of aryl methyl sites for hydroxylation is 1. The molecular formula is C14H10F4O2. The maximum absolute atomic E-state index is 13.8. The normalized spacial score (nSPS) is 11.4. The fourth-order valence-electron chi connectivity index (χ4n) is 1.57. The van der Waals surface area contributed by atoms with Gasteiger partial charge in [-0.05, 0) is 31.2 Å². The van der Waals surface area contributed by atoms with Crippen LogP contribution < -0.4 is 4.74 Å². The van der Waals surface area contributed by atoms with E-state index >= 15 is 0 Å². The maximum Gasteiger partial charge on any atom is 0.429 e. The molecule has 0 fully saturated rings. The van der Waals surface area contributed by atoms with Crippen molar-refractivity contribution in [1.29, 1.82) is 0 Å². The molecular weight excluding hydrogens is 276 g/mol. The molecule has 0 heterocycles. The van der Waals surface area contributed by atoms with E-state index in [9.17, 15) is 17.6 Å². The summed E-state index contributed by atoms with van der Waals surface area (Å²) in [6, 6.07) is 6.87. The van der Waals surface area contributed by atoms with E-state index in [0.717, 1.165) is 5.56 Å². The van der Waals surface area contributed by atoms with E-state index in [1.165, 1.54) is 12.1 Å². The Balaban J connectivity index is 2.35. The molecule has 2 aromatic carbocycles. The highest BCUT2D eigenvalue weighted by Gasteiger charge is 2.39. The van der Waals surface area contributed by atoms with Gasteiger partial charge in [-0.3, -0.25) is 0 Å². The third-order valence-corrected chi connectivity index (χ3v) is 2.64. The molecule has 1 N–H and O–H groups in total. The van der Waals surface area contributed by atoms with Crippen LogP contribution in [0.4, 0.5) is 17.6 Å². The number of benzene rings is 2. The molecule has 0 saturated carbocycles. The molecule has 2 nitrogen and oxygen atoms in total. The van der Waals surface area contributed by atoms with Gasteiger partial charge in [0.25, 0.3) is 0 Å². The Kier molecular flexibility index (Phi) is 3.57. The van der Waals surface area contributed by atoms with Crippen LogP contribution in [-0.4, -0.2) is 5.11 Å². The molecule has 0 spiro atoms. The van der Waals surface area contributed by atoms with Gasteiger partial charge in [0.1, 0.15) is 11.3 Å². The fourth-order valence-corrected chi connectivity index (χ4v) is 1.57. The number of phenolic OH excluding ortho intramolecular Hbond substituents is 1. The van der Waals surface area contributed by atoms with E-state index in [1.54, 1.807) is 19.1 Å². The Morgan fingerprint density at radius 1 is 0.950 bits per heavy atom.